The third kappa shape index (κ3) is 3.58. The monoisotopic (exact) mass is 378 g/mol. The van der Waals surface area contributed by atoms with Gasteiger partial charge in [0.2, 0.25) is 0 Å². The molecule has 1 saturated heterocycles. The second-order valence-electron chi connectivity index (χ2n) is 8.00. The number of aromatic nitrogens is 2. The van der Waals surface area contributed by atoms with Crippen LogP contribution in [0, 0.1) is 6.92 Å². The molecular weight excluding hydrogens is 352 g/mol. The highest BCUT2D eigenvalue weighted by Crippen LogP contribution is 2.43. The Morgan fingerprint density at radius 3 is 2.70 bits per heavy atom. The van der Waals surface area contributed by atoms with Gasteiger partial charge in [0, 0.05) is 23.8 Å². The molecule has 0 bridgehead atoms. The predicted octanol–water partition coefficient (Wildman–Crippen LogP) is 5.48. The lowest BCUT2D eigenvalue weighted by molar-refractivity contribution is 0.0888. The van der Waals surface area contributed by atoms with E-state index in [2.05, 4.69) is 46.4 Å². The smallest absolute Gasteiger partial charge is 0.130 e. The van der Waals surface area contributed by atoms with Gasteiger partial charge < -0.3 is 10.2 Å². The van der Waals surface area contributed by atoms with Crippen molar-refractivity contribution in [2.75, 3.05) is 18.4 Å². The SMILES string of the molecule is Cc1ccc(Nc2ccc3nc(C4CC(N5CCCCC5)C4)sc3c2)nc1. The minimum atomic E-state index is 0.657. The van der Waals surface area contributed by atoms with Gasteiger partial charge in [-0.3, -0.25) is 0 Å². The van der Waals surface area contributed by atoms with Gasteiger partial charge in [-0.2, -0.15) is 0 Å². The Kier molecular flexibility index (Phi) is 4.58. The highest BCUT2D eigenvalue weighted by molar-refractivity contribution is 7.18. The van der Waals surface area contributed by atoms with Gasteiger partial charge in [0.05, 0.1) is 15.2 Å². The zero-order chi connectivity index (χ0) is 18.2. The number of hydrogen-bond acceptors (Lipinski definition) is 5. The van der Waals surface area contributed by atoms with Crippen LogP contribution in [-0.4, -0.2) is 34.0 Å². The summed E-state index contributed by atoms with van der Waals surface area (Å²) in [5.41, 5.74) is 3.37. The van der Waals surface area contributed by atoms with E-state index in [1.165, 1.54) is 60.5 Å². The fourth-order valence-corrected chi connectivity index (χ4v) is 5.39. The lowest BCUT2D eigenvalue weighted by Crippen LogP contribution is -2.46. The molecule has 2 aliphatic rings. The molecule has 0 unspecified atom stereocenters. The highest BCUT2D eigenvalue weighted by Gasteiger charge is 2.36. The van der Waals surface area contributed by atoms with E-state index < -0.39 is 0 Å². The second kappa shape index (κ2) is 7.21. The van der Waals surface area contributed by atoms with Gasteiger partial charge >= 0.3 is 0 Å². The number of thiazole rings is 1. The highest BCUT2D eigenvalue weighted by atomic mass is 32.1. The zero-order valence-corrected chi connectivity index (χ0v) is 16.6. The van der Waals surface area contributed by atoms with E-state index in [-0.39, 0.29) is 0 Å². The molecule has 2 aromatic heterocycles. The second-order valence-corrected chi connectivity index (χ2v) is 9.06. The number of fused-ring (bicyclic) bond motifs is 1. The predicted molar refractivity (Wildman–Crippen MR) is 113 cm³/mol. The summed E-state index contributed by atoms with van der Waals surface area (Å²) in [5, 5.41) is 4.72. The van der Waals surface area contributed by atoms with E-state index in [1.54, 1.807) is 0 Å². The summed E-state index contributed by atoms with van der Waals surface area (Å²) in [5.74, 6) is 1.54. The van der Waals surface area contributed by atoms with Crippen LogP contribution in [0.15, 0.2) is 36.5 Å². The van der Waals surface area contributed by atoms with Crippen LogP contribution in [0.2, 0.25) is 0 Å². The van der Waals surface area contributed by atoms with E-state index >= 15 is 0 Å². The number of nitrogens with zero attached hydrogens (tertiary/aromatic N) is 3. The van der Waals surface area contributed by atoms with Crippen molar-refractivity contribution < 1.29 is 0 Å². The Morgan fingerprint density at radius 2 is 1.93 bits per heavy atom. The average molecular weight is 379 g/mol. The van der Waals surface area contributed by atoms with Crippen molar-refractivity contribution in [2.24, 2.45) is 0 Å². The molecule has 1 saturated carbocycles. The Hall–Kier alpha value is -1.98. The molecule has 1 aliphatic heterocycles. The number of rotatable bonds is 4. The third-order valence-electron chi connectivity index (χ3n) is 5.96. The zero-order valence-electron chi connectivity index (χ0n) is 15.8. The maximum atomic E-state index is 4.93. The third-order valence-corrected chi connectivity index (χ3v) is 7.14. The molecule has 27 heavy (non-hydrogen) atoms. The summed E-state index contributed by atoms with van der Waals surface area (Å²) in [6.07, 6.45) is 8.65. The fraction of sp³-hybridized carbons (Fsp3) is 0.455. The number of pyridine rings is 1. The molecule has 3 heterocycles. The number of hydrogen-bond donors (Lipinski definition) is 1. The van der Waals surface area contributed by atoms with Crippen LogP contribution in [0.4, 0.5) is 11.5 Å². The molecule has 5 heteroatoms. The molecule has 3 aromatic rings. The lowest BCUT2D eigenvalue weighted by atomic mass is 9.79. The lowest BCUT2D eigenvalue weighted by Gasteiger charge is -2.43. The van der Waals surface area contributed by atoms with Crippen LogP contribution in [0.3, 0.4) is 0 Å². The topological polar surface area (TPSA) is 41.1 Å². The van der Waals surface area contributed by atoms with Crippen molar-refractivity contribution in [2.45, 2.75) is 51.0 Å². The normalized spacial score (nSPS) is 23.3. The first-order chi connectivity index (χ1) is 13.2. The maximum Gasteiger partial charge on any atom is 0.130 e. The summed E-state index contributed by atoms with van der Waals surface area (Å²) in [6.45, 7) is 4.66. The Morgan fingerprint density at radius 1 is 1.07 bits per heavy atom. The summed E-state index contributed by atoms with van der Waals surface area (Å²) < 4.78 is 1.27. The molecule has 0 atom stereocenters. The number of likely N-dealkylation sites (tertiary alicyclic amines) is 1. The van der Waals surface area contributed by atoms with Gasteiger partial charge in [0.25, 0.3) is 0 Å². The van der Waals surface area contributed by atoms with Crippen molar-refractivity contribution in [3.8, 4) is 0 Å². The average Bonchev–Trinajstić information content (AvgIpc) is 3.06. The van der Waals surface area contributed by atoms with E-state index in [9.17, 15) is 0 Å². The van der Waals surface area contributed by atoms with Gasteiger partial charge in [0.1, 0.15) is 5.82 Å². The molecule has 1 aliphatic carbocycles. The number of anilines is 2. The Balaban J connectivity index is 1.27. The molecule has 2 fully saturated rings. The molecule has 1 aromatic carbocycles. The van der Waals surface area contributed by atoms with Crippen LogP contribution >= 0.6 is 11.3 Å². The summed E-state index contributed by atoms with van der Waals surface area (Å²) in [4.78, 5) is 12.1. The van der Waals surface area contributed by atoms with Gasteiger partial charge in [-0.1, -0.05) is 12.5 Å². The van der Waals surface area contributed by atoms with Crippen molar-refractivity contribution in [3.63, 3.8) is 0 Å². The van der Waals surface area contributed by atoms with Crippen LogP contribution in [0.5, 0.6) is 0 Å². The largest absolute Gasteiger partial charge is 0.340 e. The molecule has 1 N–H and O–H groups in total. The number of piperidine rings is 1. The number of benzene rings is 1. The first-order valence-electron chi connectivity index (χ1n) is 10.1. The molecule has 5 rings (SSSR count). The van der Waals surface area contributed by atoms with Crippen LogP contribution in [0.1, 0.15) is 48.6 Å². The fourth-order valence-electron chi connectivity index (χ4n) is 4.26. The van der Waals surface area contributed by atoms with Crippen LogP contribution in [-0.2, 0) is 0 Å². The standard InChI is InChI=1S/C22H26N4S/c1-15-5-8-21(23-14-15)24-17-6-7-19-20(13-17)27-22(25-19)16-11-18(12-16)26-9-3-2-4-10-26/h5-8,13-14,16,18H,2-4,9-12H2,1H3,(H,23,24). The first-order valence-corrected chi connectivity index (χ1v) is 10.9. The van der Waals surface area contributed by atoms with Gasteiger partial charge in [-0.15, -0.1) is 11.3 Å². The summed E-state index contributed by atoms with van der Waals surface area (Å²) >= 11 is 1.87. The van der Waals surface area contributed by atoms with Crippen molar-refractivity contribution in [1.29, 1.82) is 0 Å². The van der Waals surface area contributed by atoms with E-state index in [0.717, 1.165) is 23.1 Å². The molecule has 140 valence electrons. The minimum absolute atomic E-state index is 0.657. The molecule has 4 nitrogen and oxygen atoms in total. The van der Waals surface area contributed by atoms with E-state index in [4.69, 9.17) is 4.98 Å². The quantitative estimate of drug-likeness (QED) is 0.653. The van der Waals surface area contributed by atoms with Crippen molar-refractivity contribution >= 4 is 33.1 Å². The molecule has 0 spiro atoms. The van der Waals surface area contributed by atoms with Crippen molar-refractivity contribution in [3.05, 3.63) is 47.1 Å². The van der Waals surface area contributed by atoms with Gasteiger partial charge in [0.15, 0.2) is 0 Å². The number of nitrogens with one attached hydrogen (secondary N) is 1. The summed E-state index contributed by atoms with van der Waals surface area (Å²) in [6, 6.07) is 11.3. The van der Waals surface area contributed by atoms with Crippen LogP contribution < -0.4 is 5.32 Å². The van der Waals surface area contributed by atoms with Gasteiger partial charge in [-0.25, -0.2) is 9.97 Å². The minimum Gasteiger partial charge on any atom is -0.340 e. The Labute approximate surface area is 164 Å². The van der Waals surface area contributed by atoms with E-state index in [0.29, 0.717) is 5.92 Å². The molecule has 0 radical (unpaired) electrons. The molecule has 0 amide bonds. The van der Waals surface area contributed by atoms with E-state index in [1.807, 2.05) is 23.6 Å². The first kappa shape index (κ1) is 17.1. The number of aryl methyl sites for hydroxylation is 1. The Bertz CT molecular complexity index is 921. The molecular formula is C22H26N4S. The maximum absolute atomic E-state index is 4.93. The van der Waals surface area contributed by atoms with Crippen LogP contribution in [0.25, 0.3) is 10.2 Å². The summed E-state index contributed by atoms with van der Waals surface area (Å²) in [7, 11) is 0. The van der Waals surface area contributed by atoms with Crippen molar-refractivity contribution in [1.82, 2.24) is 14.9 Å². The van der Waals surface area contributed by atoms with Gasteiger partial charge in [-0.05, 0) is 75.5 Å².